The number of hydrogen-bond acceptors (Lipinski definition) is 4. The quantitative estimate of drug-likeness (QED) is 0.616. The first-order chi connectivity index (χ1) is 14.4. The van der Waals surface area contributed by atoms with Crippen LogP contribution in [0.5, 0.6) is 5.75 Å². The van der Waals surface area contributed by atoms with Gasteiger partial charge in [-0.25, -0.2) is 4.79 Å². The van der Waals surface area contributed by atoms with E-state index in [1.807, 2.05) is 24.3 Å². The second-order valence-electron chi connectivity index (χ2n) is 7.66. The normalized spacial score (nSPS) is 17.9. The predicted octanol–water partition coefficient (Wildman–Crippen LogP) is 4.49. The lowest BCUT2D eigenvalue weighted by Crippen LogP contribution is -2.49. The third-order valence-corrected chi connectivity index (χ3v) is 6.22. The summed E-state index contributed by atoms with van der Waals surface area (Å²) in [6.45, 7) is 2.09. The van der Waals surface area contributed by atoms with E-state index in [4.69, 9.17) is 21.1 Å². The van der Waals surface area contributed by atoms with Crippen LogP contribution >= 0.6 is 27.5 Å². The van der Waals surface area contributed by atoms with Crippen molar-refractivity contribution < 1.29 is 19.1 Å². The highest BCUT2D eigenvalue weighted by Gasteiger charge is 2.47. The average molecular weight is 494 g/mol. The van der Waals surface area contributed by atoms with Crippen LogP contribution in [0.4, 0.5) is 4.79 Å². The van der Waals surface area contributed by atoms with Crippen molar-refractivity contribution in [3.8, 4) is 5.75 Å². The summed E-state index contributed by atoms with van der Waals surface area (Å²) in [6, 6.07) is 14.9. The van der Waals surface area contributed by atoms with E-state index in [0.717, 1.165) is 10.0 Å². The van der Waals surface area contributed by atoms with E-state index in [2.05, 4.69) is 15.9 Å². The average Bonchev–Trinajstić information content (AvgIpc) is 3.01. The van der Waals surface area contributed by atoms with Gasteiger partial charge in [0.1, 0.15) is 11.4 Å². The summed E-state index contributed by atoms with van der Waals surface area (Å²) in [7, 11) is 0. The fourth-order valence-corrected chi connectivity index (χ4v) is 4.51. The lowest BCUT2D eigenvalue weighted by molar-refractivity contribution is -0.136. The Bertz CT molecular complexity index is 946. The molecule has 2 aromatic carbocycles. The lowest BCUT2D eigenvalue weighted by Gasteiger charge is -2.37. The molecular formula is C22H22BrClN2O4. The number of hydrogen-bond donors (Lipinski definition) is 0. The van der Waals surface area contributed by atoms with Crippen LogP contribution in [0.15, 0.2) is 53.0 Å². The monoisotopic (exact) mass is 492 g/mol. The zero-order chi connectivity index (χ0) is 21.1. The fourth-order valence-electron chi connectivity index (χ4n) is 3.89. The number of benzene rings is 2. The SMILES string of the molecule is O=C(COc1cccc(Cl)c1)N1CCC2(CC1)CN(Cc1cccc(Br)c1)C(=O)O2. The number of likely N-dealkylation sites (tertiary alicyclic amines) is 1. The van der Waals surface area contributed by atoms with Gasteiger partial charge in [-0.3, -0.25) is 9.69 Å². The molecule has 0 bridgehead atoms. The molecule has 2 aliphatic rings. The smallest absolute Gasteiger partial charge is 0.410 e. The molecule has 0 saturated carbocycles. The van der Waals surface area contributed by atoms with Crippen molar-refractivity contribution >= 4 is 39.5 Å². The maximum atomic E-state index is 12.5. The molecule has 0 N–H and O–H groups in total. The molecule has 2 fully saturated rings. The molecule has 2 aliphatic heterocycles. The Morgan fingerprint density at radius 2 is 1.93 bits per heavy atom. The first kappa shape index (κ1) is 21.0. The van der Waals surface area contributed by atoms with Crippen LogP contribution in [0.3, 0.4) is 0 Å². The van der Waals surface area contributed by atoms with Gasteiger partial charge in [0, 0.05) is 42.0 Å². The van der Waals surface area contributed by atoms with Gasteiger partial charge in [-0.1, -0.05) is 45.7 Å². The van der Waals surface area contributed by atoms with Crippen LogP contribution in [0, 0.1) is 0 Å². The van der Waals surface area contributed by atoms with Crippen LogP contribution in [-0.2, 0) is 16.1 Å². The van der Waals surface area contributed by atoms with Gasteiger partial charge in [-0.2, -0.15) is 0 Å². The molecule has 30 heavy (non-hydrogen) atoms. The summed E-state index contributed by atoms with van der Waals surface area (Å²) >= 11 is 9.40. The minimum Gasteiger partial charge on any atom is -0.484 e. The molecule has 0 atom stereocenters. The van der Waals surface area contributed by atoms with Crippen LogP contribution < -0.4 is 4.74 Å². The molecule has 1 spiro atoms. The fraction of sp³-hybridized carbons (Fsp3) is 0.364. The van der Waals surface area contributed by atoms with Gasteiger partial charge in [0.05, 0.1) is 6.54 Å². The largest absolute Gasteiger partial charge is 0.484 e. The Hall–Kier alpha value is -2.25. The zero-order valence-corrected chi connectivity index (χ0v) is 18.7. The molecule has 2 aromatic rings. The third-order valence-electron chi connectivity index (χ3n) is 5.49. The van der Waals surface area contributed by atoms with Gasteiger partial charge in [0.2, 0.25) is 0 Å². The second-order valence-corrected chi connectivity index (χ2v) is 9.02. The standard InChI is InChI=1S/C22H22BrClN2O4/c23-17-4-1-3-16(11-17)13-26-15-22(30-21(26)28)7-9-25(10-8-22)20(27)14-29-19-6-2-5-18(24)12-19/h1-6,11-12H,7-10,13-15H2. The Balaban J connectivity index is 1.29. The van der Waals surface area contributed by atoms with Gasteiger partial charge in [0.25, 0.3) is 5.91 Å². The Kier molecular flexibility index (Phi) is 6.20. The van der Waals surface area contributed by atoms with Crippen molar-refractivity contribution in [2.75, 3.05) is 26.2 Å². The van der Waals surface area contributed by atoms with E-state index in [1.54, 1.807) is 34.1 Å². The molecule has 0 radical (unpaired) electrons. The van der Waals surface area contributed by atoms with Gasteiger partial charge in [-0.15, -0.1) is 0 Å². The van der Waals surface area contributed by atoms with E-state index in [9.17, 15) is 9.59 Å². The van der Waals surface area contributed by atoms with Gasteiger partial charge in [-0.05, 0) is 35.9 Å². The molecular weight excluding hydrogens is 472 g/mol. The number of rotatable bonds is 5. The summed E-state index contributed by atoms with van der Waals surface area (Å²) in [6.07, 6.45) is 0.951. The minimum absolute atomic E-state index is 0.0395. The molecule has 0 aliphatic carbocycles. The maximum absolute atomic E-state index is 12.5. The number of ether oxygens (including phenoxy) is 2. The van der Waals surface area contributed by atoms with Crippen molar-refractivity contribution in [3.05, 3.63) is 63.6 Å². The Morgan fingerprint density at radius 3 is 2.67 bits per heavy atom. The lowest BCUT2D eigenvalue weighted by atomic mass is 9.91. The molecule has 0 aromatic heterocycles. The number of carbonyl (C=O) groups is 2. The minimum atomic E-state index is -0.520. The third kappa shape index (κ3) is 4.90. The van der Waals surface area contributed by atoms with Crippen LogP contribution in [0.25, 0.3) is 0 Å². The molecule has 158 valence electrons. The first-order valence-corrected chi connectivity index (χ1v) is 11.0. The maximum Gasteiger partial charge on any atom is 0.410 e. The Labute approximate surface area is 188 Å². The summed E-state index contributed by atoms with van der Waals surface area (Å²) < 4.78 is 12.3. The zero-order valence-electron chi connectivity index (χ0n) is 16.4. The van der Waals surface area contributed by atoms with Crippen molar-refractivity contribution in [2.45, 2.75) is 25.0 Å². The highest BCUT2D eigenvalue weighted by molar-refractivity contribution is 9.10. The molecule has 2 heterocycles. The first-order valence-electron chi connectivity index (χ1n) is 9.81. The summed E-state index contributed by atoms with van der Waals surface area (Å²) in [4.78, 5) is 28.4. The predicted molar refractivity (Wildman–Crippen MR) is 117 cm³/mol. The summed E-state index contributed by atoms with van der Waals surface area (Å²) in [5, 5.41) is 0.565. The highest BCUT2D eigenvalue weighted by atomic mass is 79.9. The van der Waals surface area contributed by atoms with Crippen molar-refractivity contribution in [3.63, 3.8) is 0 Å². The number of halogens is 2. The number of nitrogens with zero attached hydrogens (tertiary/aromatic N) is 2. The molecule has 4 rings (SSSR count). The molecule has 8 heteroatoms. The molecule has 0 unspecified atom stereocenters. The second kappa shape index (κ2) is 8.86. The summed E-state index contributed by atoms with van der Waals surface area (Å²) in [5.74, 6) is 0.484. The topological polar surface area (TPSA) is 59.1 Å². The van der Waals surface area contributed by atoms with Crippen molar-refractivity contribution in [2.24, 2.45) is 0 Å². The Morgan fingerprint density at radius 1 is 1.17 bits per heavy atom. The van der Waals surface area contributed by atoms with E-state index >= 15 is 0 Å². The number of amides is 2. The molecule has 6 nitrogen and oxygen atoms in total. The van der Waals surface area contributed by atoms with Crippen LogP contribution in [-0.4, -0.2) is 53.6 Å². The van der Waals surface area contributed by atoms with Crippen molar-refractivity contribution in [1.82, 2.24) is 9.80 Å². The van der Waals surface area contributed by atoms with E-state index in [1.165, 1.54) is 0 Å². The summed E-state index contributed by atoms with van der Waals surface area (Å²) in [5.41, 5.74) is 0.525. The van der Waals surface area contributed by atoms with Gasteiger partial charge < -0.3 is 14.4 Å². The highest BCUT2D eigenvalue weighted by Crippen LogP contribution is 2.34. The van der Waals surface area contributed by atoms with E-state index in [0.29, 0.717) is 49.8 Å². The van der Waals surface area contributed by atoms with E-state index in [-0.39, 0.29) is 18.6 Å². The van der Waals surface area contributed by atoms with Gasteiger partial charge >= 0.3 is 6.09 Å². The molecule has 2 saturated heterocycles. The number of carbonyl (C=O) groups excluding carboxylic acids is 2. The van der Waals surface area contributed by atoms with E-state index < -0.39 is 5.60 Å². The number of piperidine rings is 1. The van der Waals surface area contributed by atoms with Crippen LogP contribution in [0.1, 0.15) is 18.4 Å². The van der Waals surface area contributed by atoms with Crippen molar-refractivity contribution in [1.29, 1.82) is 0 Å². The van der Waals surface area contributed by atoms with Crippen LogP contribution in [0.2, 0.25) is 5.02 Å². The van der Waals surface area contributed by atoms with Gasteiger partial charge in [0.15, 0.2) is 6.61 Å². The molecule has 2 amide bonds.